The normalized spacial score (nSPS) is 22.1. The Morgan fingerprint density at radius 3 is 2.21 bits per heavy atom. The number of benzene rings is 1. The average molecular weight is 258 g/mol. The largest absolute Gasteiger partial charge is 0.353 e. The molecule has 0 bridgehead atoms. The summed E-state index contributed by atoms with van der Waals surface area (Å²) in [5, 5.41) is 3.06. The lowest BCUT2D eigenvalue weighted by atomic mass is 9.86. The van der Waals surface area contributed by atoms with E-state index in [0.717, 1.165) is 31.2 Å². The Hall–Kier alpha value is -1.35. The molecule has 2 aliphatic rings. The summed E-state index contributed by atoms with van der Waals surface area (Å²) in [6, 6.07) is 8.43. The highest BCUT2D eigenvalue weighted by Crippen LogP contribution is 2.54. The van der Waals surface area contributed by atoms with Gasteiger partial charge in [-0.05, 0) is 50.7 Å². The number of hydrogen-bond donors (Lipinski definition) is 2. The van der Waals surface area contributed by atoms with Crippen molar-refractivity contribution in [3.8, 4) is 0 Å². The number of carbonyl (C=O) groups excluding carboxylic acids is 1. The molecule has 0 heterocycles. The molecule has 1 aromatic carbocycles. The van der Waals surface area contributed by atoms with E-state index in [0.29, 0.717) is 0 Å². The standard InChI is InChI=1S/C16H22N2O/c1-11(2)18-14(19)15(7-8-15)12-5-3-4-6-13(12)16(17)9-10-16/h3-6,11H,7-10,17H2,1-2H3,(H,18,19). The fourth-order valence-electron chi connectivity index (χ4n) is 2.88. The van der Waals surface area contributed by atoms with Gasteiger partial charge in [0.15, 0.2) is 0 Å². The van der Waals surface area contributed by atoms with Gasteiger partial charge < -0.3 is 11.1 Å². The highest BCUT2D eigenvalue weighted by atomic mass is 16.2. The van der Waals surface area contributed by atoms with Gasteiger partial charge in [-0.1, -0.05) is 24.3 Å². The number of carbonyl (C=O) groups is 1. The SMILES string of the molecule is CC(C)NC(=O)C1(c2ccccc2C2(N)CC2)CC1. The van der Waals surface area contributed by atoms with Crippen molar-refractivity contribution < 1.29 is 4.79 Å². The zero-order valence-electron chi connectivity index (χ0n) is 11.7. The van der Waals surface area contributed by atoms with Crippen LogP contribution in [0.5, 0.6) is 0 Å². The van der Waals surface area contributed by atoms with Gasteiger partial charge in [0.25, 0.3) is 0 Å². The van der Waals surface area contributed by atoms with Crippen molar-refractivity contribution in [3.63, 3.8) is 0 Å². The smallest absolute Gasteiger partial charge is 0.230 e. The molecular weight excluding hydrogens is 236 g/mol. The fraction of sp³-hybridized carbons (Fsp3) is 0.562. The van der Waals surface area contributed by atoms with Gasteiger partial charge in [0.05, 0.1) is 5.41 Å². The first-order chi connectivity index (χ1) is 8.98. The van der Waals surface area contributed by atoms with Crippen molar-refractivity contribution in [2.75, 3.05) is 0 Å². The minimum atomic E-state index is -0.310. The first-order valence-electron chi connectivity index (χ1n) is 7.18. The van der Waals surface area contributed by atoms with E-state index in [1.807, 2.05) is 26.0 Å². The van der Waals surface area contributed by atoms with E-state index in [-0.39, 0.29) is 22.9 Å². The summed E-state index contributed by atoms with van der Waals surface area (Å²) in [5.74, 6) is 0.166. The summed E-state index contributed by atoms with van der Waals surface area (Å²) in [7, 11) is 0. The molecule has 0 unspecified atom stereocenters. The number of amides is 1. The minimum Gasteiger partial charge on any atom is -0.353 e. The van der Waals surface area contributed by atoms with Crippen LogP contribution in [0.2, 0.25) is 0 Å². The maximum atomic E-state index is 12.5. The van der Waals surface area contributed by atoms with Crippen LogP contribution in [-0.2, 0) is 15.7 Å². The number of nitrogens with two attached hydrogens (primary N) is 1. The third kappa shape index (κ3) is 2.06. The second kappa shape index (κ2) is 4.07. The van der Waals surface area contributed by atoms with Gasteiger partial charge in [-0.15, -0.1) is 0 Å². The van der Waals surface area contributed by atoms with Gasteiger partial charge in [0, 0.05) is 11.6 Å². The molecule has 19 heavy (non-hydrogen) atoms. The molecule has 102 valence electrons. The molecular formula is C16H22N2O. The lowest BCUT2D eigenvalue weighted by Crippen LogP contribution is -2.40. The summed E-state index contributed by atoms with van der Waals surface area (Å²) in [6.07, 6.45) is 3.95. The molecule has 3 rings (SSSR count). The van der Waals surface area contributed by atoms with Gasteiger partial charge >= 0.3 is 0 Å². The third-order valence-electron chi connectivity index (χ3n) is 4.37. The first kappa shape index (κ1) is 12.7. The van der Waals surface area contributed by atoms with E-state index < -0.39 is 0 Å². The van der Waals surface area contributed by atoms with Crippen LogP contribution in [0.25, 0.3) is 0 Å². The summed E-state index contributed by atoms with van der Waals surface area (Å²) in [4.78, 5) is 12.5. The van der Waals surface area contributed by atoms with Crippen LogP contribution in [0.1, 0.15) is 50.7 Å². The number of rotatable bonds is 4. The fourth-order valence-corrected chi connectivity index (χ4v) is 2.88. The molecule has 2 fully saturated rings. The molecule has 0 saturated heterocycles. The molecule has 0 atom stereocenters. The van der Waals surface area contributed by atoms with Crippen molar-refractivity contribution in [2.24, 2.45) is 5.73 Å². The molecule has 2 saturated carbocycles. The molecule has 1 aromatic rings. The molecule has 3 nitrogen and oxygen atoms in total. The molecule has 3 heteroatoms. The molecule has 2 aliphatic carbocycles. The van der Waals surface area contributed by atoms with E-state index in [1.165, 1.54) is 5.56 Å². The predicted molar refractivity (Wildman–Crippen MR) is 75.7 cm³/mol. The Morgan fingerprint density at radius 1 is 1.16 bits per heavy atom. The number of nitrogens with one attached hydrogen (secondary N) is 1. The minimum absolute atomic E-state index is 0.166. The van der Waals surface area contributed by atoms with Crippen molar-refractivity contribution in [1.82, 2.24) is 5.32 Å². The van der Waals surface area contributed by atoms with Crippen molar-refractivity contribution >= 4 is 5.91 Å². The van der Waals surface area contributed by atoms with Crippen LogP contribution in [0.3, 0.4) is 0 Å². The second-order valence-corrected chi connectivity index (χ2v) is 6.41. The van der Waals surface area contributed by atoms with Gasteiger partial charge in [-0.2, -0.15) is 0 Å². The molecule has 0 radical (unpaired) electrons. The highest BCUT2D eigenvalue weighted by Gasteiger charge is 2.55. The Kier molecular flexibility index (Phi) is 2.72. The molecule has 1 amide bonds. The van der Waals surface area contributed by atoms with Crippen molar-refractivity contribution in [3.05, 3.63) is 35.4 Å². The van der Waals surface area contributed by atoms with Crippen LogP contribution in [-0.4, -0.2) is 11.9 Å². The topological polar surface area (TPSA) is 55.1 Å². The number of hydrogen-bond acceptors (Lipinski definition) is 2. The Labute approximate surface area is 114 Å². The van der Waals surface area contributed by atoms with Crippen LogP contribution < -0.4 is 11.1 Å². The summed E-state index contributed by atoms with van der Waals surface area (Å²) in [6.45, 7) is 4.01. The molecule has 0 aliphatic heterocycles. The Morgan fingerprint density at radius 2 is 1.74 bits per heavy atom. The Bertz CT molecular complexity index is 513. The van der Waals surface area contributed by atoms with E-state index in [2.05, 4.69) is 17.4 Å². The Balaban J connectivity index is 1.96. The second-order valence-electron chi connectivity index (χ2n) is 6.41. The maximum Gasteiger partial charge on any atom is 0.230 e. The third-order valence-corrected chi connectivity index (χ3v) is 4.37. The molecule has 3 N–H and O–H groups in total. The maximum absolute atomic E-state index is 12.5. The van der Waals surface area contributed by atoms with Gasteiger partial charge in [-0.25, -0.2) is 0 Å². The van der Waals surface area contributed by atoms with E-state index in [4.69, 9.17) is 5.73 Å². The predicted octanol–water partition coefficient (Wildman–Crippen LogP) is 2.19. The zero-order chi connectivity index (χ0) is 13.7. The lowest BCUT2D eigenvalue weighted by Gasteiger charge is -2.23. The molecule has 0 aromatic heterocycles. The lowest BCUT2D eigenvalue weighted by molar-refractivity contribution is -0.124. The van der Waals surface area contributed by atoms with Crippen molar-refractivity contribution in [2.45, 2.75) is 56.5 Å². The van der Waals surface area contributed by atoms with Crippen LogP contribution in [0.4, 0.5) is 0 Å². The van der Waals surface area contributed by atoms with Gasteiger partial charge in [0.2, 0.25) is 5.91 Å². The van der Waals surface area contributed by atoms with Crippen LogP contribution in [0.15, 0.2) is 24.3 Å². The first-order valence-corrected chi connectivity index (χ1v) is 7.18. The summed E-state index contributed by atoms with van der Waals surface area (Å²) in [5.41, 5.74) is 8.22. The quantitative estimate of drug-likeness (QED) is 0.870. The highest BCUT2D eigenvalue weighted by molar-refractivity contribution is 5.92. The van der Waals surface area contributed by atoms with E-state index in [9.17, 15) is 4.79 Å². The zero-order valence-corrected chi connectivity index (χ0v) is 11.7. The van der Waals surface area contributed by atoms with Crippen molar-refractivity contribution in [1.29, 1.82) is 0 Å². The average Bonchev–Trinajstić information content (AvgIpc) is 3.24. The van der Waals surface area contributed by atoms with Crippen LogP contribution in [0, 0.1) is 0 Å². The van der Waals surface area contributed by atoms with E-state index in [1.54, 1.807) is 0 Å². The molecule has 0 spiro atoms. The monoisotopic (exact) mass is 258 g/mol. The van der Waals surface area contributed by atoms with E-state index >= 15 is 0 Å². The van der Waals surface area contributed by atoms with Gasteiger partial charge in [-0.3, -0.25) is 4.79 Å². The summed E-state index contributed by atoms with van der Waals surface area (Å²) < 4.78 is 0. The van der Waals surface area contributed by atoms with Crippen LogP contribution >= 0.6 is 0 Å². The summed E-state index contributed by atoms with van der Waals surface area (Å²) >= 11 is 0. The van der Waals surface area contributed by atoms with Gasteiger partial charge in [0.1, 0.15) is 0 Å².